The molecule has 0 N–H and O–H groups in total. The lowest BCUT2D eigenvalue weighted by Crippen LogP contribution is -2.16. The molecule has 0 saturated heterocycles. The van der Waals surface area contributed by atoms with Gasteiger partial charge in [0.15, 0.2) is 5.07 Å². The van der Waals surface area contributed by atoms with Crippen LogP contribution >= 0.6 is 37.9 Å². The average Bonchev–Trinajstić information content (AvgIpc) is 2.75. The van der Waals surface area contributed by atoms with Crippen LogP contribution in [0.2, 0.25) is 0 Å². The fraction of sp³-hybridized carbons (Fsp3) is 0.143. The number of alkyl halides is 1. The Morgan fingerprint density at radius 3 is 1.50 bits per heavy atom. The van der Waals surface area contributed by atoms with E-state index in [9.17, 15) is 0 Å². The van der Waals surface area contributed by atoms with Crippen molar-refractivity contribution in [1.82, 2.24) is 0 Å². The highest BCUT2D eigenvalue weighted by atomic mass is 79.9. The molecule has 1 aliphatic heterocycles. The molecule has 1 heterocycles. The Balaban J connectivity index is 2.02. The maximum atomic E-state index is 5.49. The minimum atomic E-state index is -2.13. The predicted molar refractivity (Wildman–Crippen MR) is 133 cm³/mol. The molecule has 1 unspecified atom stereocenters. The highest BCUT2D eigenvalue weighted by Crippen LogP contribution is 2.84. The van der Waals surface area contributed by atoms with E-state index in [4.69, 9.17) is 13.9 Å². The summed E-state index contributed by atoms with van der Waals surface area (Å²) in [6.45, 7) is 4.50. The van der Waals surface area contributed by atoms with E-state index in [-0.39, 0.29) is 0 Å². The van der Waals surface area contributed by atoms with E-state index in [1.165, 1.54) is 15.9 Å². The molecule has 3 nitrogen and oxygen atoms in total. The van der Waals surface area contributed by atoms with Crippen molar-refractivity contribution in [3.8, 4) is 0 Å². The van der Waals surface area contributed by atoms with E-state index >= 15 is 0 Å². The first-order valence-electron chi connectivity index (χ1n) is 9.08. The van der Waals surface area contributed by atoms with Crippen LogP contribution in [0.25, 0.3) is 4.86 Å². The minimum absolute atomic E-state index is 0.754. The second-order valence-electron chi connectivity index (χ2n) is 6.95. The minimum Gasteiger partial charge on any atom is -0.566 e. The van der Waals surface area contributed by atoms with Crippen molar-refractivity contribution in [3.63, 3.8) is 0 Å². The van der Waals surface area contributed by atoms with Gasteiger partial charge in [-0.15, -0.1) is 9.03 Å². The average molecular weight is 490 g/mol. The molecule has 0 aliphatic carbocycles. The third kappa shape index (κ3) is 3.74. The standard InChI is InChI=1S/C21H23BrN3P3/c1-26(19-12-6-3-7-13-19)23-27(2,20-14-8-4-9-15-20)25-28(18-22,24-26)21-16-10-5-11-17-21/h3-17H,18H2,1-2H3/t26-,27+,28?. The molecule has 4 rings (SSSR count). The van der Waals surface area contributed by atoms with E-state index in [0.29, 0.717) is 0 Å². The summed E-state index contributed by atoms with van der Waals surface area (Å²) < 4.78 is 11.0. The van der Waals surface area contributed by atoms with Crippen LogP contribution in [0.3, 0.4) is 0 Å². The van der Waals surface area contributed by atoms with Gasteiger partial charge in [0.05, 0.1) is 0 Å². The molecule has 3 aromatic carbocycles. The number of nitrogens with zero attached hydrogens (tertiary/aromatic N) is 3. The summed E-state index contributed by atoms with van der Waals surface area (Å²) in [5.41, 5.74) is 0. The van der Waals surface area contributed by atoms with E-state index < -0.39 is 22.0 Å². The predicted octanol–water partition coefficient (Wildman–Crippen LogP) is 7.04. The molecular weight excluding hydrogens is 467 g/mol. The van der Waals surface area contributed by atoms with Crippen molar-refractivity contribution < 1.29 is 0 Å². The highest BCUT2D eigenvalue weighted by Gasteiger charge is 2.44. The largest absolute Gasteiger partial charge is 0.566 e. The van der Waals surface area contributed by atoms with Crippen molar-refractivity contribution in [3.05, 3.63) is 95.9 Å². The van der Waals surface area contributed by atoms with Crippen LogP contribution in [0.15, 0.2) is 100 Å². The van der Waals surface area contributed by atoms with E-state index in [2.05, 4.69) is 120 Å². The van der Waals surface area contributed by atoms with Gasteiger partial charge < -0.3 is 4.86 Å². The Kier molecular flexibility index (Phi) is 5.81. The molecule has 0 fully saturated rings. The highest BCUT2D eigenvalue weighted by molar-refractivity contribution is 9.10. The van der Waals surface area contributed by atoms with Gasteiger partial charge in [0.25, 0.3) is 7.56 Å². The number of rotatable bonds is 4. The summed E-state index contributed by atoms with van der Waals surface area (Å²) in [4.78, 5) is 5.45. The lowest BCUT2D eigenvalue weighted by atomic mass is 10.4. The fourth-order valence-corrected chi connectivity index (χ4v) is 20.0. The van der Waals surface area contributed by atoms with Gasteiger partial charge >= 0.3 is 0 Å². The Morgan fingerprint density at radius 1 is 0.714 bits per heavy atom. The number of benzene rings is 3. The zero-order chi connectivity index (χ0) is 19.7. The van der Waals surface area contributed by atoms with Crippen molar-refractivity contribution in [1.29, 1.82) is 0 Å². The third-order valence-corrected chi connectivity index (χ3v) is 18.9. The number of halogens is 1. The maximum absolute atomic E-state index is 5.49. The quantitative estimate of drug-likeness (QED) is 0.278. The van der Waals surface area contributed by atoms with Gasteiger partial charge in [-0.2, -0.15) is 0 Å². The van der Waals surface area contributed by atoms with Crippen molar-refractivity contribution in [2.75, 3.05) is 18.4 Å². The Hall–Kier alpha value is -1.01. The van der Waals surface area contributed by atoms with E-state index in [1.54, 1.807) is 0 Å². The van der Waals surface area contributed by atoms with Crippen LogP contribution in [0.1, 0.15) is 0 Å². The van der Waals surface area contributed by atoms with Crippen LogP contribution in [-0.2, 0) is 0 Å². The van der Waals surface area contributed by atoms with Gasteiger partial charge in [-0.05, 0) is 66.4 Å². The molecule has 144 valence electrons. The summed E-state index contributed by atoms with van der Waals surface area (Å²) in [6, 6.07) is 31.8. The molecular formula is C21H23BrN3P3. The Labute approximate surface area is 176 Å². The molecule has 1 aliphatic rings. The normalized spacial score (nSPS) is 29.5. The zero-order valence-corrected chi connectivity index (χ0v) is 20.2. The fourth-order valence-electron chi connectivity index (χ4n) is 3.48. The summed E-state index contributed by atoms with van der Waals surface area (Å²) in [5, 5.41) is 4.44. The van der Waals surface area contributed by atoms with Crippen LogP contribution in [0.4, 0.5) is 0 Å². The van der Waals surface area contributed by atoms with Crippen LogP contribution in [0.5, 0.6) is 0 Å². The first-order valence-corrected chi connectivity index (χ1v) is 16.4. The molecule has 0 aromatic heterocycles. The van der Waals surface area contributed by atoms with Gasteiger partial charge in [0, 0.05) is 0 Å². The smallest absolute Gasteiger partial charge is 0.284 e. The third-order valence-electron chi connectivity index (χ3n) is 4.82. The summed E-state index contributed by atoms with van der Waals surface area (Å²) >= 11 is 3.81. The van der Waals surface area contributed by atoms with Gasteiger partial charge in [0.2, 0.25) is 0 Å². The molecule has 28 heavy (non-hydrogen) atoms. The molecule has 0 amide bonds. The number of hydrogen-bond donors (Lipinski definition) is 0. The molecule has 0 radical (unpaired) electrons. The molecule has 0 spiro atoms. The maximum Gasteiger partial charge on any atom is 0.284 e. The van der Waals surface area contributed by atoms with Gasteiger partial charge in [-0.1, -0.05) is 78.9 Å². The van der Waals surface area contributed by atoms with E-state index in [0.717, 1.165) is 5.07 Å². The van der Waals surface area contributed by atoms with Crippen molar-refractivity contribution >= 4 is 53.8 Å². The monoisotopic (exact) mass is 489 g/mol. The summed E-state index contributed by atoms with van der Waals surface area (Å²) in [7, 11) is -6.29. The molecule has 3 aromatic rings. The molecule has 7 heteroatoms. The lowest BCUT2D eigenvalue weighted by Gasteiger charge is -2.47. The second-order valence-corrected chi connectivity index (χ2v) is 17.5. The second kappa shape index (κ2) is 8.02. The SMILES string of the molecule is C[P@]1(c2ccccc2)=N[P+](CBr)(c2ccccc2)N=[P@@](C)(c2ccccc2)[N-]1. The van der Waals surface area contributed by atoms with Crippen LogP contribution in [0, 0.1) is 0 Å². The first kappa shape index (κ1) is 20.3. The summed E-state index contributed by atoms with van der Waals surface area (Å²) in [6.07, 6.45) is 0. The van der Waals surface area contributed by atoms with E-state index in [1.807, 2.05) is 0 Å². The Morgan fingerprint density at radius 2 is 1.11 bits per heavy atom. The molecule has 0 saturated carbocycles. The van der Waals surface area contributed by atoms with Crippen molar-refractivity contribution in [2.45, 2.75) is 0 Å². The first-order chi connectivity index (χ1) is 13.5. The number of hydrogen-bond acceptors (Lipinski definition) is 2. The van der Waals surface area contributed by atoms with Crippen LogP contribution < -0.4 is 15.9 Å². The van der Waals surface area contributed by atoms with Gasteiger partial charge in [-0.3, -0.25) is 0 Å². The summed E-state index contributed by atoms with van der Waals surface area (Å²) in [5.74, 6) is 0. The van der Waals surface area contributed by atoms with Crippen LogP contribution in [-0.4, -0.2) is 18.4 Å². The van der Waals surface area contributed by atoms with Gasteiger partial charge in [-0.25, -0.2) is 0 Å². The molecule has 3 atom stereocenters. The molecule has 0 bridgehead atoms. The zero-order valence-electron chi connectivity index (χ0n) is 15.9. The van der Waals surface area contributed by atoms with Gasteiger partial charge in [0.1, 0.15) is 5.30 Å². The lowest BCUT2D eigenvalue weighted by molar-refractivity contribution is 1.63. The Bertz CT molecular complexity index is 1010. The van der Waals surface area contributed by atoms with Crippen molar-refractivity contribution in [2.24, 2.45) is 9.03 Å². The topological polar surface area (TPSA) is 38.8 Å².